The van der Waals surface area contributed by atoms with Crippen molar-refractivity contribution in [3.63, 3.8) is 0 Å². The molecule has 0 saturated carbocycles. The van der Waals surface area contributed by atoms with E-state index in [1.165, 1.54) is 6.33 Å². The maximum atomic E-state index is 12.5. The highest BCUT2D eigenvalue weighted by molar-refractivity contribution is 6.01. The van der Waals surface area contributed by atoms with Crippen LogP contribution in [-0.4, -0.2) is 26.2 Å². The van der Waals surface area contributed by atoms with Crippen LogP contribution in [-0.2, 0) is 30.7 Å². The van der Waals surface area contributed by atoms with Crippen LogP contribution in [0.15, 0.2) is 18.6 Å². The predicted molar refractivity (Wildman–Crippen MR) is 98.9 cm³/mol. The van der Waals surface area contributed by atoms with E-state index in [1.807, 2.05) is 6.92 Å². The number of carbonyl (C=O) groups excluding carboxylic acids is 2. The zero-order valence-corrected chi connectivity index (χ0v) is 15.5. The fourth-order valence-electron chi connectivity index (χ4n) is 3.66. The van der Waals surface area contributed by atoms with Crippen molar-refractivity contribution in [1.82, 2.24) is 19.9 Å². The Morgan fingerprint density at radius 1 is 1.35 bits per heavy atom. The first-order valence-corrected chi connectivity index (χ1v) is 9.37. The summed E-state index contributed by atoms with van der Waals surface area (Å²) in [5.74, 6) is 0.101. The molecule has 1 aliphatic rings. The van der Waals surface area contributed by atoms with Gasteiger partial charge in [0.2, 0.25) is 5.91 Å². The van der Waals surface area contributed by atoms with E-state index < -0.39 is 0 Å². The number of rotatable bonds is 7. The van der Waals surface area contributed by atoms with Crippen LogP contribution >= 0.6 is 0 Å². The highest BCUT2D eigenvalue weighted by Crippen LogP contribution is 2.30. The molecule has 6 heteroatoms. The molecule has 0 bridgehead atoms. The van der Waals surface area contributed by atoms with Gasteiger partial charge >= 0.3 is 0 Å². The van der Waals surface area contributed by atoms with Gasteiger partial charge in [0.05, 0.1) is 18.7 Å². The Bertz CT molecular complexity index is 796. The SMILES string of the molecule is CCCCn1c(C)c(CC(=O)NCc2ccncn2)c2c1CCCC2=O. The first-order valence-electron chi connectivity index (χ1n) is 9.37. The van der Waals surface area contributed by atoms with Gasteiger partial charge in [-0.05, 0) is 37.8 Å². The Morgan fingerprint density at radius 2 is 2.19 bits per heavy atom. The van der Waals surface area contributed by atoms with Crippen LogP contribution in [0.2, 0.25) is 0 Å². The molecule has 0 saturated heterocycles. The smallest absolute Gasteiger partial charge is 0.224 e. The zero-order chi connectivity index (χ0) is 18.5. The number of ketones is 1. The monoisotopic (exact) mass is 354 g/mol. The first kappa shape index (κ1) is 18.3. The molecular weight excluding hydrogens is 328 g/mol. The number of nitrogens with one attached hydrogen (secondary N) is 1. The second-order valence-electron chi connectivity index (χ2n) is 6.82. The third kappa shape index (κ3) is 3.84. The first-order chi connectivity index (χ1) is 12.6. The minimum absolute atomic E-state index is 0.0828. The Hall–Kier alpha value is -2.50. The van der Waals surface area contributed by atoms with Crippen LogP contribution in [0.4, 0.5) is 0 Å². The fraction of sp³-hybridized carbons (Fsp3) is 0.500. The molecule has 138 valence electrons. The van der Waals surface area contributed by atoms with Gasteiger partial charge < -0.3 is 9.88 Å². The largest absolute Gasteiger partial charge is 0.350 e. The summed E-state index contributed by atoms with van der Waals surface area (Å²) >= 11 is 0. The number of nitrogens with zero attached hydrogens (tertiary/aromatic N) is 3. The molecule has 2 aromatic heterocycles. The lowest BCUT2D eigenvalue weighted by atomic mass is 9.92. The summed E-state index contributed by atoms with van der Waals surface area (Å²) in [5.41, 5.74) is 4.67. The van der Waals surface area contributed by atoms with E-state index in [9.17, 15) is 9.59 Å². The van der Waals surface area contributed by atoms with Crippen molar-refractivity contribution in [2.45, 2.75) is 65.5 Å². The van der Waals surface area contributed by atoms with Crippen LogP contribution in [0.1, 0.15) is 65.6 Å². The number of hydrogen-bond donors (Lipinski definition) is 1. The number of hydrogen-bond acceptors (Lipinski definition) is 4. The molecular formula is C20H26N4O2. The molecule has 1 aliphatic carbocycles. The van der Waals surface area contributed by atoms with Gasteiger partial charge in [-0.2, -0.15) is 0 Å². The van der Waals surface area contributed by atoms with Crippen molar-refractivity contribution in [3.8, 4) is 0 Å². The van der Waals surface area contributed by atoms with Crippen molar-refractivity contribution in [2.24, 2.45) is 0 Å². The molecule has 0 aliphatic heterocycles. The molecule has 26 heavy (non-hydrogen) atoms. The molecule has 2 aromatic rings. The molecule has 0 spiro atoms. The summed E-state index contributed by atoms with van der Waals surface area (Å²) in [6.07, 6.45) is 7.96. The molecule has 0 unspecified atom stereocenters. The lowest BCUT2D eigenvalue weighted by molar-refractivity contribution is -0.120. The number of unbranched alkanes of at least 4 members (excludes halogenated alkanes) is 1. The predicted octanol–water partition coefficient (Wildman–Crippen LogP) is 2.76. The van der Waals surface area contributed by atoms with E-state index in [-0.39, 0.29) is 18.1 Å². The Kier molecular flexibility index (Phi) is 5.81. The number of Topliss-reactive ketones (excluding diaryl/α,β-unsaturated/α-hetero) is 1. The van der Waals surface area contributed by atoms with Gasteiger partial charge in [0.25, 0.3) is 0 Å². The van der Waals surface area contributed by atoms with Crippen molar-refractivity contribution < 1.29 is 9.59 Å². The van der Waals surface area contributed by atoms with Crippen molar-refractivity contribution in [1.29, 1.82) is 0 Å². The average molecular weight is 354 g/mol. The third-order valence-corrected chi connectivity index (χ3v) is 5.04. The normalized spacial score (nSPS) is 13.5. The maximum Gasteiger partial charge on any atom is 0.224 e. The maximum absolute atomic E-state index is 12.5. The van der Waals surface area contributed by atoms with Gasteiger partial charge in [0.1, 0.15) is 6.33 Å². The quantitative estimate of drug-likeness (QED) is 0.829. The van der Waals surface area contributed by atoms with Gasteiger partial charge in [0.15, 0.2) is 5.78 Å². The Balaban J connectivity index is 1.79. The second kappa shape index (κ2) is 8.25. The van der Waals surface area contributed by atoms with Crippen LogP contribution < -0.4 is 5.32 Å². The van der Waals surface area contributed by atoms with E-state index >= 15 is 0 Å². The number of fused-ring (bicyclic) bond motifs is 1. The van der Waals surface area contributed by atoms with Crippen LogP contribution in [0.25, 0.3) is 0 Å². The lowest BCUT2D eigenvalue weighted by Crippen LogP contribution is -2.26. The number of amides is 1. The molecule has 0 aromatic carbocycles. The summed E-state index contributed by atoms with van der Waals surface area (Å²) in [7, 11) is 0. The second-order valence-corrected chi connectivity index (χ2v) is 6.82. The van der Waals surface area contributed by atoms with Gasteiger partial charge in [-0.25, -0.2) is 9.97 Å². The zero-order valence-electron chi connectivity index (χ0n) is 15.5. The number of aromatic nitrogens is 3. The Labute approximate surface area is 154 Å². The summed E-state index contributed by atoms with van der Waals surface area (Å²) in [6, 6.07) is 1.78. The van der Waals surface area contributed by atoms with Gasteiger partial charge in [0, 0.05) is 36.1 Å². The van der Waals surface area contributed by atoms with E-state index in [4.69, 9.17) is 0 Å². The molecule has 1 amide bonds. The van der Waals surface area contributed by atoms with Crippen molar-refractivity contribution in [3.05, 3.63) is 46.8 Å². The van der Waals surface area contributed by atoms with E-state index in [0.29, 0.717) is 13.0 Å². The topological polar surface area (TPSA) is 76.9 Å². The van der Waals surface area contributed by atoms with Crippen LogP contribution in [0.3, 0.4) is 0 Å². The number of carbonyl (C=O) groups is 2. The third-order valence-electron chi connectivity index (χ3n) is 5.04. The van der Waals surface area contributed by atoms with E-state index in [1.54, 1.807) is 12.3 Å². The van der Waals surface area contributed by atoms with E-state index in [2.05, 4.69) is 26.8 Å². The molecule has 6 nitrogen and oxygen atoms in total. The van der Waals surface area contributed by atoms with Crippen LogP contribution in [0.5, 0.6) is 0 Å². The standard InChI is InChI=1S/C20H26N4O2/c1-3-4-10-24-14(2)16(20-17(24)6-5-7-18(20)25)11-19(26)22-12-15-8-9-21-13-23-15/h8-9,13H,3-7,10-12H2,1-2H3,(H,22,26). The molecule has 2 heterocycles. The highest BCUT2D eigenvalue weighted by atomic mass is 16.1. The summed E-state index contributed by atoms with van der Waals surface area (Å²) in [6.45, 7) is 5.49. The molecule has 3 rings (SSSR count). The van der Waals surface area contributed by atoms with Gasteiger partial charge in [-0.1, -0.05) is 13.3 Å². The summed E-state index contributed by atoms with van der Waals surface area (Å²) in [4.78, 5) is 33.0. The summed E-state index contributed by atoms with van der Waals surface area (Å²) < 4.78 is 2.27. The minimum Gasteiger partial charge on any atom is -0.350 e. The molecule has 0 atom stereocenters. The fourth-order valence-corrected chi connectivity index (χ4v) is 3.66. The molecule has 0 radical (unpaired) electrons. The van der Waals surface area contributed by atoms with Gasteiger partial charge in [-0.15, -0.1) is 0 Å². The average Bonchev–Trinajstić information content (AvgIpc) is 2.92. The van der Waals surface area contributed by atoms with Crippen molar-refractivity contribution >= 4 is 11.7 Å². The van der Waals surface area contributed by atoms with Crippen LogP contribution in [0, 0.1) is 6.92 Å². The molecule has 1 N–H and O–H groups in total. The van der Waals surface area contributed by atoms with E-state index in [0.717, 1.165) is 60.4 Å². The lowest BCUT2D eigenvalue weighted by Gasteiger charge is -2.15. The van der Waals surface area contributed by atoms with Crippen molar-refractivity contribution in [2.75, 3.05) is 0 Å². The van der Waals surface area contributed by atoms with Gasteiger partial charge in [-0.3, -0.25) is 9.59 Å². The summed E-state index contributed by atoms with van der Waals surface area (Å²) in [5, 5.41) is 2.90. The minimum atomic E-state index is -0.0828. The highest BCUT2D eigenvalue weighted by Gasteiger charge is 2.28. The Morgan fingerprint density at radius 3 is 2.92 bits per heavy atom. The molecule has 0 fully saturated rings.